The number of anilines is 1. The minimum absolute atomic E-state index is 0.0389. The first kappa shape index (κ1) is 13.5. The van der Waals surface area contributed by atoms with Crippen molar-refractivity contribution in [2.45, 2.75) is 11.4 Å². The van der Waals surface area contributed by atoms with Crippen LogP contribution in [0, 0.1) is 0 Å². The number of nitrogens with zero attached hydrogens (tertiary/aromatic N) is 2. The predicted molar refractivity (Wildman–Crippen MR) is 79.0 cm³/mol. The van der Waals surface area contributed by atoms with E-state index >= 15 is 0 Å². The van der Waals surface area contributed by atoms with E-state index in [1.165, 1.54) is 12.3 Å². The summed E-state index contributed by atoms with van der Waals surface area (Å²) in [6.45, 7) is 0.0389. The molecule has 0 fully saturated rings. The van der Waals surface area contributed by atoms with Gasteiger partial charge in [-0.15, -0.1) is 0 Å². The monoisotopic (exact) mass is 303 g/mol. The molecule has 2 heterocycles. The number of hydrogen-bond donors (Lipinski definition) is 3. The van der Waals surface area contributed by atoms with Gasteiger partial charge in [0.1, 0.15) is 4.90 Å². The molecule has 0 unspecified atom stereocenters. The summed E-state index contributed by atoms with van der Waals surface area (Å²) in [5.74, 6) is 0.156. The van der Waals surface area contributed by atoms with E-state index in [1.807, 2.05) is 18.2 Å². The molecule has 7 nitrogen and oxygen atoms in total. The van der Waals surface area contributed by atoms with Crippen LogP contribution in [0.4, 0.5) is 5.95 Å². The van der Waals surface area contributed by atoms with Gasteiger partial charge in [0.2, 0.25) is 5.95 Å². The number of aromatic nitrogens is 3. The molecule has 0 aliphatic rings. The number of rotatable bonds is 4. The number of nitrogens with two attached hydrogens (primary N) is 1. The topological polar surface area (TPSA) is 114 Å². The molecule has 0 spiro atoms. The molecule has 3 aromatic rings. The number of nitrogens with one attached hydrogen (secondary N) is 2. The number of pyridine rings is 1. The van der Waals surface area contributed by atoms with Gasteiger partial charge in [0.25, 0.3) is 10.0 Å². The molecule has 4 N–H and O–H groups in total. The molecular weight excluding hydrogens is 290 g/mol. The fourth-order valence-corrected chi connectivity index (χ4v) is 3.17. The Morgan fingerprint density at radius 2 is 2.00 bits per heavy atom. The molecule has 0 saturated carbocycles. The minimum atomic E-state index is -3.79. The van der Waals surface area contributed by atoms with Crippen LogP contribution < -0.4 is 10.5 Å². The Balaban J connectivity index is 1.99. The molecule has 3 rings (SSSR count). The maximum atomic E-state index is 12.4. The SMILES string of the molecule is NCc1ncccc1S(=O)(=O)Nc1nc2ccccc2[nH]1. The van der Waals surface area contributed by atoms with Crippen molar-refractivity contribution in [1.29, 1.82) is 0 Å². The molecule has 21 heavy (non-hydrogen) atoms. The summed E-state index contributed by atoms with van der Waals surface area (Å²) >= 11 is 0. The van der Waals surface area contributed by atoms with Crippen LogP contribution in [-0.2, 0) is 16.6 Å². The van der Waals surface area contributed by atoms with E-state index in [4.69, 9.17) is 5.73 Å². The zero-order valence-electron chi connectivity index (χ0n) is 10.9. The lowest BCUT2D eigenvalue weighted by Gasteiger charge is -2.08. The lowest BCUT2D eigenvalue weighted by molar-refractivity contribution is 0.599. The molecule has 2 aromatic heterocycles. The van der Waals surface area contributed by atoms with Gasteiger partial charge in [0.05, 0.1) is 16.7 Å². The van der Waals surface area contributed by atoms with Gasteiger partial charge in [-0.25, -0.2) is 18.1 Å². The summed E-state index contributed by atoms with van der Waals surface area (Å²) < 4.78 is 27.2. The quantitative estimate of drug-likeness (QED) is 0.670. The third kappa shape index (κ3) is 2.58. The van der Waals surface area contributed by atoms with Gasteiger partial charge in [-0.2, -0.15) is 0 Å². The number of H-pyrrole nitrogens is 1. The number of sulfonamides is 1. The highest BCUT2D eigenvalue weighted by molar-refractivity contribution is 7.92. The number of fused-ring (bicyclic) bond motifs is 1. The molecule has 8 heteroatoms. The fourth-order valence-electron chi connectivity index (χ4n) is 2.00. The van der Waals surface area contributed by atoms with Crippen molar-refractivity contribution in [3.05, 3.63) is 48.3 Å². The Morgan fingerprint density at radius 3 is 2.76 bits per heavy atom. The van der Waals surface area contributed by atoms with E-state index in [9.17, 15) is 8.42 Å². The van der Waals surface area contributed by atoms with Gasteiger partial charge in [-0.05, 0) is 24.3 Å². The molecule has 0 radical (unpaired) electrons. The van der Waals surface area contributed by atoms with Crippen LogP contribution in [0.1, 0.15) is 5.69 Å². The van der Waals surface area contributed by atoms with Gasteiger partial charge in [-0.1, -0.05) is 12.1 Å². The Hall–Kier alpha value is -2.45. The lowest BCUT2D eigenvalue weighted by Crippen LogP contribution is -2.17. The second-order valence-electron chi connectivity index (χ2n) is 4.36. The third-order valence-electron chi connectivity index (χ3n) is 2.95. The van der Waals surface area contributed by atoms with E-state index in [0.29, 0.717) is 11.2 Å². The first-order valence-corrected chi connectivity index (χ1v) is 7.70. The van der Waals surface area contributed by atoms with Crippen molar-refractivity contribution in [3.63, 3.8) is 0 Å². The molecule has 0 saturated heterocycles. The predicted octanol–water partition coefficient (Wildman–Crippen LogP) is 1.22. The molecule has 0 bridgehead atoms. The van der Waals surface area contributed by atoms with Gasteiger partial charge in [0.15, 0.2) is 0 Å². The average molecular weight is 303 g/mol. The molecule has 0 amide bonds. The van der Waals surface area contributed by atoms with Crippen molar-refractivity contribution >= 4 is 27.0 Å². The summed E-state index contributed by atoms with van der Waals surface area (Å²) in [7, 11) is -3.79. The van der Waals surface area contributed by atoms with Crippen LogP contribution in [0.5, 0.6) is 0 Å². The highest BCUT2D eigenvalue weighted by Crippen LogP contribution is 2.19. The van der Waals surface area contributed by atoms with E-state index < -0.39 is 10.0 Å². The summed E-state index contributed by atoms with van der Waals surface area (Å²) in [4.78, 5) is 11.1. The maximum Gasteiger partial charge on any atom is 0.266 e. The zero-order chi connectivity index (χ0) is 14.9. The highest BCUT2D eigenvalue weighted by atomic mass is 32.2. The zero-order valence-corrected chi connectivity index (χ0v) is 11.8. The molecule has 0 aliphatic heterocycles. The average Bonchev–Trinajstić information content (AvgIpc) is 2.88. The van der Waals surface area contributed by atoms with E-state index in [1.54, 1.807) is 12.1 Å². The normalized spacial score (nSPS) is 11.7. The van der Waals surface area contributed by atoms with Crippen LogP contribution in [0.15, 0.2) is 47.5 Å². The van der Waals surface area contributed by atoms with Gasteiger partial charge < -0.3 is 10.7 Å². The lowest BCUT2D eigenvalue weighted by atomic mass is 10.3. The Morgan fingerprint density at radius 1 is 1.19 bits per heavy atom. The van der Waals surface area contributed by atoms with Crippen molar-refractivity contribution in [2.75, 3.05) is 4.72 Å². The van der Waals surface area contributed by atoms with Crippen LogP contribution in [0.2, 0.25) is 0 Å². The van der Waals surface area contributed by atoms with Gasteiger partial charge in [0, 0.05) is 12.7 Å². The summed E-state index contributed by atoms with van der Waals surface area (Å²) in [6.07, 6.45) is 1.50. The number of imidazole rings is 1. The van der Waals surface area contributed by atoms with Crippen molar-refractivity contribution in [2.24, 2.45) is 5.73 Å². The number of hydrogen-bond acceptors (Lipinski definition) is 5. The summed E-state index contributed by atoms with van der Waals surface area (Å²) in [5.41, 5.74) is 7.26. The van der Waals surface area contributed by atoms with Gasteiger partial charge in [-0.3, -0.25) is 4.98 Å². The second kappa shape index (κ2) is 5.15. The standard InChI is InChI=1S/C13H13N5O2S/c14-8-11-12(6-3-7-15-11)21(19,20)18-13-16-9-4-1-2-5-10(9)17-13/h1-7H,8,14H2,(H2,16,17,18). The first-order valence-electron chi connectivity index (χ1n) is 6.22. The summed E-state index contributed by atoms with van der Waals surface area (Å²) in [6, 6.07) is 10.3. The second-order valence-corrected chi connectivity index (χ2v) is 6.01. The summed E-state index contributed by atoms with van der Waals surface area (Å²) in [5, 5.41) is 0. The largest absolute Gasteiger partial charge is 0.325 e. The van der Waals surface area contributed by atoms with Crippen LogP contribution >= 0.6 is 0 Å². The van der Waals surface area contributed by atoms with Crippen LogP contribution in [-0.4, -0.2) is 23.4 Å². The van der Waals surface area contributed by atoms with Crippen molar-refractivity contribution in [1.82, 2.24) is 15.0 Å². The fraction of sp³-hybridized carbons (Fsp3) is 0.0769. The van der Waals surface area contributed by atoms with Crippen molar-refractivity contribution in [3.8, 4) is 0 Å². The molecule has 0 atom stereocenters. The smallest absolute Gasteiger partial charge is 0.266 e. The maximum absolute atomic E-state index is 12.4. The van der Waals surface area contributed by atoms with Crippen LogP contribution in [0.25, 0.3) is 11.0 Å². The van der Waals surface area contributed by atoms with Crippen LogP contribution in [0.3, 0.4) is 0 Å². The number of benzene rings is 1. The Kier molecular flexibility index (Phi) is 3.32. The minimum Gasteiger partial charge on any atom is -0.325 e. The molecule has 0 aliphatic carbocycles. The molecule has 1 aromatic carbocycles. The van der Waals surface area contributed by atoms with Gasteiger partial charge >= 0.3 is 0 Å². The van der Waals surface area contributed by atoms with E-state index in [-0.39, 0.29) is 17.4 Å². The molecule has 108 valence electrons. The number of aromatic amines is 1. The molecular formula is C13H13N5O2S. The third-order valence-corrected chi connectivity index (χ3v) is 4.36. The number of para-hydroxylation sites is 2. The van der Waals surface area contributed by atoms with E-state index in [2.05, 4.69) is 19.7 Å². The first-order chi connectivity index (χ1) is 10.1. The highest BCUT2D eigenvalue weighted by Gasteiger charge is 2.20. The van der Waals surface area contributed by atoms with Crippen molar-refractivity contribution < 1.29 is 8.42 Å². The Bertz CT molecular complexity index is 855. The Labute approximate surface area is 121 Å². The van der Waals surface area contributed by atoms with E-state index in [0.717, 1.165) is 5.52 Å².